The number of hydrogen-bond donors (Lipinski definition) is 0. The molecule has 0 spiro atoms. The zero-order chi connectivity index (χ0) is 14.6. The van der Waals surface area contributed by atoms with Crippen LogP contribution in [0.1, 0.15) is 45.1 Å². The minimum atomic E-state index is -0.441. The van der Waals surface area contributed by atoms with Crippen LogP contribution in [0.15, 0.2) is 6.07 Å². The van der Waals surface area contributed by atoms with Gasteiger partial charge in [-0.2, -0.15) is 0 Å². The largest absolute Gasteiger partial charge is 0.381 e. The van der Waals surface area contributed by atoms with Crippen LogP contribution in [0.3, 0.4) is 0 Å². The topological polar surface area (TPSA) is 44.2 Å². The summed E-state index contributed by atoms with van der Waals surface area (Å²) in [6.45, 7) is 8.32. The number of aromatic nitrogens is 2. The highest BCUT2D eigenvalue weighted by Crippen LogP contribution is 2.34. The van der Waals surface area contributed by atoms with Crippen molar-refractivity contribution in [1.29, 1.82) is 0 Å². The second-order valence-corrected chi connectivity index (χ2v) is 6.03. The summed E-state index contributed by atoms with van der Waals surface area (Å²) in [7, 11) is 0. The molecule has 0 N–H and O–H groups in total. The van der Waals surface area contributed by atoms with Crippen molar-refractivity contribution < 1.29 is 9.47 Å². The van der Waals surface area contributed by atoms with E-state index in [1.54, 1.807) is 0 Å². The fourth-order valence-electron chi connectivity index (χ4n) is 2.60. The lowest BCUT2D eigenvalue weighted by Gasteiger charge is -2.35. The maximum absolute atomic E-state index is 6.18. The van der Waals surface area contributed by atoms with Crippen molar-refractivity contribution in [3.05, 3.63) is 22.7 Å². The third-order valence-corrected chi connectivity index (χ3v) is 3.69. The van der Waals surface area contributed by atoms with Crippen LogP contribution in [0.2, 0.25) is 5.15 Å². The molecule has 1 aliphatic rings. The molecule has 1 saturated heterocycles. The van der Waals surface area contributed by atoms with Crippen molar-refractivity contribution in [2.24, 2.45) is 5.92 Å². The van der Waals surface area contributed by atoms with Crippen LogP contribution in [0, 0.1) is 5.92 Å². The van der Waals surface area contributed by atoms with Crippen LogP contribution < -0.4 is 0 Å². The number of hydrogen-bond acceptors (Lipinski definition) is 4. The average Bonchev–Trinajstić information content (AvgIpc) is 2.38. The first kappa shape index (κ1) is 15.7. The maximum atomic E-state index is 6.18. The van der Waals surface area contributed by atoms with E-state index in [9.17, 15) is 0 Å². The molecule has 1 aromatic rings. The predicted octanol–water partition coefficient (Wildman–Crippen LogP) is 3.37. The molecule has 0 bridgehead atoms. The van der Waals surface area contributed by atoms with Crippen LogP contribution in [-0.2, 0) is 21.5 Å². The van der Waals surface area contributed by atoms with E-state index in [1.807, 2.05) is 13.0 Å². The van der Waals surface area contributed by atoms with E-state index < -0.39 is 5.60 Å². The molecule has 1 aliphatic heterocycles. The van der Waals surface area contributed by atoms with Gasteiger partial charge in [0.25, 0.3) is 0 Å². The van der Waals surface area contributed by atoms with Crippen LogP contribution >= 0.6 is 11.6 Å². The smallest absolute Gasteiger partial charge is 0.162 e. The first-order chi connectivity index (χ1) is 9.55. The van der Waals surface area contributed by atoms with Gasteiger partial charge in [0, 0.05) is 38.4 Å². The summed E-state index contributed by atoms with van der Waals surface area (Å²) in [5, 5.41) is 0.496. The van der Waals surface area contributed by atoms with E-state index in [0.717, 1.165) is 25.0 Å². The molecule has 5 heteroatoms. The van der Waals surface area contributed by atoms with E-state index in [4.69, 9.17) is 26.1 Å². The van der Waals surface area contributed by atoms with Crippen LogP contribution in [0.4, 0.5) is 0 Å². The highest BCUT2D eigenvalue weighted by Gasteiger charge is 2.38. The Morgan fingerprint density at radius 1 is 1.35 bits per heavy atom. The van der Waals surface area contributed by atoms with Gasteiger partial charge in [-0.05, 0) is 25.3 Å². The van der Waals surface area contributed by atoms with Gasteiger partial charge in [-0.1, -0.05) is 25.4 Å². The Morgan fingerprint density at radius 2 is 2.05 bits per heavy atom. The van der Waals surface area contributed by atoms with Gasteiger partial charge < -0.3 is 9.47 Å². The third kappa shape index (κ3) is 3.68. The Bertz CT molecular complexity index is 440. The van der Waals surface area contributed by atoms with Gasteiger partial charge in [0.15, 0.2) is 5.82 Å². The van der Waals surface area contributed by atoms with Gasteiger partial charge in [-0.15, -0.1) is 0 Å². The molecule has 4 nitrogen and oxygen atoms in total. The summed E-state index contributed by atoms with van der Waals surface area (Å²) in [4.78, 5) is 9.14. The maximum Gasteiger partial charge on any atom is 0.162 e. The predicted molar refractivity (Wildman–Crippen MR) is 78.9 cm³/mol. The highest BCUT2D eigenvalue weighted by atomic mass is 35.5. The molecule has 0 unspecified atom stereocenters. The molecule has 1 aromatic heterocycles. The second kappa shape index (κ2) is 6.83. The summed E-state index contributed by atoms with van der Waals surface area (Å²) in [6, 6.07) is 1.85. The molecule has 0 amide bonds. The van der Waals surface area contributed by atoms with E-state index in [-0.39, 0.29) is 0 Å². The molecule has 1 fully saturated rings. The minimum absolute atomic E-state index is 0.441. The lowest BCUT2D eigenvalue weighted by atomic mass is 9.92. The zero-order valence-electron chi connectivity index (χ0n) is 12.5. The first-order valence-corrected chi connectivity index (χ1v) is 7.69. The number of nitrogens with zero attached hydrogens (tertiary/aromatic N) is 2. The fourth-order valence-corrected chi connectivity index (χ4v) is 2.81. The van der Waals surface area contributed by atoms with Crippen molar-refractivity contribution in [3.8, 4) is 0 Å². The van der Waals surface area contributed by atoms with Crippen molar-refractivity contribution >= 4 is 11.6 Å². The lowest BCUT2D eigenvalue weighted by molar-refractivity contribution is -0.118. The SMILES string of the molecule is CCOC1(c2nc(Cl)cc(CC(C)C)n2)CCOCC1. The molecular weight excluding hydrogens is 276 g/mol. The summed E-state index contributed by atoms with van der Waals surface area (Å²) in [5.74, 6) is 1.25. The van der Waals surface area contributed by atoms with Crippen LogP contribution in [-0.4, -0.2) is 29.8 Å². The van der Waals surface area contributed by atoms with E-state index >= 15 is 0 Å². The average molecular weight is 299 g/mol. The Hall–Kier alpha value is -0.710. The Morgan fingerprint density at radius 3 is 2.65 bits per heavy atom. The van der Waals surface area contributed by atoms with Crippen molar-refractivity contribution in [2.45, 2.75) is 45.6 Å². The number of halogens is 1. The van der Waals surface area contributed by atoms with Gasteiger partial charge in [-0.3, -0.25) is 0 Å². The van der Waals surface area contributed by atoms with Crippen molar-refractivity contribution in [1.82, 2.24) is 9.97 Å². The molecule has 0 radical (unpaired) electrons. The van der Waals surface area contributed by atoms with Gasteiger partial charge in [0.1, 0.15) is 10.8 Å². The van der Waals surface area contributed by atoms with Crippen molar-refractivity contribution in [2.75, 3.05) is 19.8 Å². The highest BCUT2D eigenvalue weighted by molar-refractivity contribution is 6.29. The summed E-state index contributed by atoms with van der Waals surface area (Å²) in [6.07, 6.45) is 2.46. The van der Waals surface area contributed by atoms with Gasteiger partial charge in [0.2, 0.25) is 0 Å². The summed E-state index contributed by atoms with van der Waals surface area (Å²) >= 11 is 6.18. The Labute approximate surface area is 125 Å². The number of rotatable bonds is 5. The van der Waals surface area contributed by atoms with Gasteiger partial charge in [0.05, 0.1) is 0 Å². The third-order valence-electron chi connectivity index (χ3n) is 3.49. The van der Waals surface area contributed by atoms with Gasteiger partial charge in [-0.25, -0.2) is 9.97 Å². The number of ether oxygens (including phenoxy) is 2. The van der Waals surface area contributed by atoms with E-state index in [0.29, 0.717) is 36.7 Å². The van der Waals surface area contributed by atoms with Crippen LogP contribution in [0.25, 0.3) is 0 Å². The monoisotopic (exact) mass is 298 g/mol. The van der Waals surface area contributed by atoms with Gasteiger partial charge >= 0.3 is 0 Å². The summed E-state index contributed by atoms with van der Waals surface area (Å²) in [5.41, 5.74) is 0.546. The van der Waals surface area contributed by atoms with E-state index in [1.165, 1.54) is 0 Å². The second-order valence-electron chi connectivity index (χ2n) is 5.64. The molecule has 0 aromatic carbocycles. The zero-order valence-corrected chi connectivity index (χ0v) is 13.2. The van der Waals surface area contributed by atoms with Crippen LogP contribution in [0.5, 0.6) is 0 Å². The van der Waals surface area contributed by atoms with E-state index in [2.05, 4.69) is 18.8 Å². The molecule has 2 heterocycles. The normalized spacial score (nSPS) is 18.4. The lowest BCUT2D eigenvalue weighted by Crippen LogP contribution is -2.38. The Kier molecular flexibility index (Phi) is 5.35. The molecular formula is C15H23ClN2O2. The first-order valence-electron chi connectivity index (χ1n) is 7.31. The summed E-state index contributed by atoms with van der Waals surface area (Å²) < 4.78 is 11.5. The molecule has 0 atom stereocenters. The fraction of sp³-hybridized carbons (Fsp3) is 0.733. The minimum Gasteiger partial charge on any atom is -0.381 e. The molecule has 20 heavy (non-hydrogen) atoms. The van der Waals surface area contributed by atoms with Crippen molar-refractivity contribution in [3.63, 3.8) is 0 Å². The Balaban J connectivity index is 2.34. The molecule has 112 valence electrons. The quantitative estimate of drug-likeness (QED) is 0.782. The molecule has 0 saturated carbocycles. The standard InChI is InChI=1S/C15H23ClN2O2/c1-4-20-15(5-7-19-8-6-15)14-17-12(9-11(2)3)10-13(16)18-14/h10-11H,4-9H2,1-3H3. The molecule has 2 rings (SSSR count). The molecule has 0 aliphatic carbocycles.